The second kappa shape index (κ2) is 13.6. The number of aryl methyl sites for hydroxylation is 1. The topological polar surface area (TPSA) is 116 Å². The van der Waals surface area contributed by atoms with Crippen LogP contribution in [0.1, 0.15) is 47.8 Å². The maximum atomic E-state index is 13.8. The number of imidazole rings is 1. The lowest BCUT2D eigenvalue weighted by atomic mass is 10.0. The summed E-state index contributed by atoms with van der Waals surface area (Å²) in [4.78, 5) is 34.4. The summed E-state index contributed by atoms with van der Waals surface area (Å²) in [5.74, 6) is 1.11. The molecule has 0 saturated carbocycles. The number of aromatic nitrogens is 5. The summed E-state index contributed by atoms with van der Waals surface area (Å²) in [7, 11) is 0. The third kappa shape index (κ3) is 6.16. The van der Waals surface area contributed by atoms with E-state index in [1.54, 1.807) is 17.3 Å². The predicted molar refractivity (Wildman–Crippen MR) is 190 cm³/mol. The van der Waals surface area contributed by atoms with Crippen LogP contribution in [0.2, 0.25) is 0 Å². The van der Waals surface area contributed by atoms with Crippen molar-refractivity contribution in [1.29, 1.82) is 0 Å². The first-order valence-corrected chi connectivity index (χ1v) is 17.5. The Hall–Kier alpha value is -4.78. The van der Waals surface area contributed by atoms with Gasteiger partial charge in [0, 0.05) is 81.4 Å². The molecule has 0 aliphatic carbocycles. The maximum absolute atomic E-state index is 13.8. The molecule has 0 spiro atoms. The number of aliphatic hydroxyl groups is 1. The van der Waals surface area contributed by atoms with Crippen molar-refractivity contribution < 1.29 is 14.6 Å². The molecule has 0 radical (unpaired) electrons. The summed E-state index contributed by atoms with van der Waals surface area (Å²) in [6, 6.07) is 10.6. The fraction of sp³-hybridized carbons (Fsp3) is 0.405. The van der Waals surface area contributed by atoms with Crippen molar-refractivity contribution in [2.75, 3.05) is 61.1 Å². The normalized spacial score (nSPS) is 17.1. The monoisotopic (exact) mass is 661 g/mol. The number of hydrogen-bond acceptors (Lipinski definition) is 9. The Kier molecular flexibility index (Phi) is 8.75. The largest absolute Gasteiger partial charge is 0.392 e. The first-order valence-electron chi connectivity index (χ1n) is 17.5. The summed E-state index contributed by atoms with van der Waals surface area (Å²) in [6.45, 7) is 8.81. The molecule has 0 atom stereocenters. The molecule has 8 rings (SSSR count). The molecular formula is C37H43N9O3. The van der Waals surface area contributed by atoms with E-state index in [0.29, 0.717) is 42.0 Å². The van der Waals surface area contributed by atoms with Gasteiger partial charge in [0.25, 0.3) is 5.91 Å². The van der Waals surface area contributed by atoms with Crippen molar-refractivity contribution >= 4 is 34.6 Å². The zero-order valence-electron chi connectivity index (χ0n) is 28.0. The van der Waals surface area contributed by atoms with E-state index in [2.05, 4.69) is 48.8 Å². The molecule has 0 aromatic carbocycles. The third-order valence-corrected chi connectivity index (χ3v) is 10.1. The molecule has 12 nitrogen and oxygen atoms in total. The van der Waals surface area contributed by atoms with Crippen molar-refractivity contribution in [2.24, 2.45) is 0 Å². The van der Waals surface area contributed by atoms with Crippen molar-refractivity contribution in [3.63, 3.8) is 0 Å². The first-order chi connectivity index (χ1) is 24.1. The molecule has 8 heterocycles. The highest BCUT2D eigenvalue weighted by atomic mass is 16.5. The van der Waals surface area contributed by atoms with Crippen LogP contribution in [0, 0.1) is 0 Å². The van der Waals surface area contributed by atoms with E-state index >= 15 is 0 Å². The second-order valence-corrected chi connectivity index (χ2v) is 13.2. The number of hydrogen-bond donors (Lipinski definition) is 2. The van der Waals surface area contributed by atoms with Crippen LogP contribution in [0.3, 0.4) is 0 Å². The number of anilines is 4. The van der Waals surface area contributed by atoms with Crippen LogP contribution < -0.4 is 15.1 Å². The molecular weight excluding hydrogens is 618 g/mol. The molecule has 2 saturated heterocycles. The van der Waals surface area contributed by atoms with E-state index in [0.717, 1.165) is 86.8 Å². The fourth-order valence-corrected chi connectivity index (χ4v) is 7.28. The number of nitrogens with zero attached hydrogens (tertiary/aromatic N) is 8. The number of rotatable bonds is 11. The average molecular weight is 662 g/mol. The average Bonchev–Trinajstić information content (AvgIpc) is 3.76. The molecule has 2 N–H and O–H groups in total. The van der Waals surface area contributed by atoms with Gasteiger partial charge in [-0.2, -0.15) is 0 Å². The lowest BCUT2D eigenvalue weighted by Gasteiger charge is -2.43. The van der Waals surface area contributed by atoms with Crippen molar-refractivity contribution in [3.8, 4) is 11.1 Å². The molecule has 5 aromatic heterocycles. The van der Waals surface area contributed by atoms with Crippen molar-refractivity contribution in [2.45, 2.75) is 51.8 Å². The van der Waals surface area contributed by atoms with E-state index in [1.165, 1.54) is 12.0 Å². The van der Waals surface area contributed by atoms with Crippen LogP contribution in [0.25, 0.3) is 16.8 Å². The number of fused-ring (bicyclic) bond motifs is 2. The van der Waals surface area contributed by atoms with Gasteiger partial charge in [0.15, 0.2) is 5.65 Å². The molecule has 2 fully saturated rings. The number of amides is 1. The van der Waals surface area contributed by atoms with Gasteiger partial charge in [-0.1, -0.05) is 19.8 Å². The summed E-state index contributed by atoms with van der Waals surface area (Å²) >= 11 is 0. The third-order valence-electron chi connectivity index (χ3n) is 10.1. The molecule has 5 aromatic rings. The minimum Gasteiger partial charge on any atom is -0.392 e. The predicted octanol–water partition coefficient (Wildman–Crippen LogP) is 4.74. The zero-order valence-corrected chi connectivity index (χ0v) is 28.0. The summed E-state index contributed by atoms with van der Waals surface area (Å²) < 4.78 is 9.39. The number of unbranched alkanes of at least 4 members (excludes halogenated alkanes) is 2. The number of carbonyl (C=O) groups is 1. The van der Waals surface area contributed by atoms with Gasteiger partial charge >= 0.3 is 0 Å². The molecule has 12 heteroatoms. The Morgan fingerprint density at radius 2 is 1.84 bits per heavy atom. The van der Waals surface area contributed by atoms with E-state index in [1.807, 2.05) is 47.3 Å². The van der Waals surface area contributed by atoms with Crippen molar-refractivity contribution in [3.05, 3.63) is 84.3 Å². The SMILES string of the molecule is CCCCCc1cc2n(c1)CCN(c1nccc(-c3cc(Nc4ccc(N5CCN(C6COC6)CC5)cn4)c4nccn4c3)c1CO)C2=O. The Morgan fingerprint density at radius 1 is 0.959 bits per heavy atom. The van der Waals surface area contributed by atoms with Crippen LogP contribution in [0.5, 0.6) is 0 Å². The van der Waals surface area contributed by atoms with Gasteiger partial charge in [-0.15, -0.1) is 0 Å². The Morgan fingerprint density at radius 3 is 2.59 bits per heavy atom. The minimum atomic E-state index is -0.262. The highest BCUT2D eigenvalue weighted by Gasteiger charge is 2.31. The van der Waals surface area contributed by atoms with Gasteiger partial charge in [0.2, 0.25) is 0 Å². The smallest absolute Gasteiger partial charge is 0.276 e. The Labute approximate surface area is 286 Å². The first kappa shape index (κ1) is 31.5. The lowest BCUT2D eigenvalue weighted by molar-refractivity contribution is -0.0660. The van der Waals surface area contributed by atoms with Gasteiger partial charge in [-0.3, -0.25) is 14.6 Å². The summed E-state index contributed by atoms with van der Waals surface area (Å²) in [5, 5.41) is 14.2. The quantitative estimate of drug-likeness (QED) is 0.194. The minimum absolute atomic E-state index is 0.0934. The van der Waals surface area contributed by atoms with Gasteiger partial charge in [-0.25, -0.2) is 15.0 Å². The zero-order chi connectivity index (χ0) is 33.3. The summed E-state index contributed by atoms with van der Waals surface area (Å²) in [6.07, 6.45) is 15.8. The molecule has 0 unspecified atom stereocenters. The van der Waals surface area contributed by atoms with Gasteiger partial charge < -0.3 is 29.0 Å². The lowest BCUT2D eigenvalue weighted by Crippen LogP contribution is -2.56. The number of pyridine rings is 3. The van der Waals surface area contributed by atoms with Crippen LogP contribution in [-0.4, -0.2) is 91.8 Å². The highest BCUT2D eigenvalue weighted by molar-refractivity contribution is 6.06. The van der Waals surface area contributed by atoms with E-state index in [4.69, 9.17) is 9.72 Å². The molecule has 1 amide bonds. The van der Waals surface area contributed by atoms with Gasteiger partial charge in [0.05, 0.1) is 43.4 Å². The Bertz CT molecular complexity index is 1940. The molecule has 254 valence electrons. The standard InChI is InChI=1S/C37H43N9O3/c1-2-3-4-5-26-18-33-37(48)46(17-16-44(33)21-26)35-31(23-47)30(8-9-38-35)27-19-32(36-39-10-11-45(36)22-27)41-34-7-6-28(20-40-34)42-12-14-43(15-13-42)29-24-49-25-29/h6-11,18-22,29,47H,2-5,12-17,23-25H2,1H3,(H,40,41). The fourth-order valence-electron chi connectivity index (χ4n) is 7.28. The van der Waals surface area contributed by atoms with Gasteiger partial charge in [-0.05, 0) is 54.3 Å². The van der Waals surface area contributed by atoms with Crippen LogP contribution in [-0.2, 0) is 24.3 Å². The van der Waals surface area contributed by atoms with Crippen molar-refractivity contribution in [1.82, 2.24) is 28.8 Å². The number of ether oxygens (including phenoxy) is 1. The van der Waals surface area contributed by atoms with Crippen LogP contribution >= 0.6 is 0 Å². The van der Waals surface area contributed by atoms with Crippen LogP contribution in [0.4, 0.5) is 23.0 Å². The van der Waals surface area contributed by atoms with E-state index < -0.39 is 0 Å². The van der Waals surface area contributed by atoms with Gasteiger partial charge in [0.1, 0.15) is 17.3 Å². The highest BCUT2D eigenvalue weighted by Crippen LogP contribution is 2.35. The number of carbonyl (C=O) groups excluding carboxylic acids is 1. The number of nitrogens with one attached hydrogen (secondary N) is 1. The van der Waals surface area contributed by atoms with Crippen LogP contribution in [0.15, 0.2) is 67.5 Å². The molecule has 49 heavy (non-hydrogen) atoms. The summed E-state index contributed by atoms with van der Waals surface area (Å²) in [5.41, 5.74) is 6.78. The molecule has 3 aliphatic heterocycles. The van der Waals surface area contributed by atoms with E-state index in [9.17, 15) is 9.90 Å². The maximum Gasteiger partial charge on any atom is 0.276 e. The second-order valence-electron chi connectivity index (χ2n) is 13.2. The molecule has 0 bridgehead atoms. The molecule has 3 aliphatic rings. The number of aliphatic hydroxyl groups excluding tert-OH is 1. The number of piperazine rings is 1. The van der Waals surface area contributed by atoms with E-state index in [-0.39, 0.29) is 12.5 Å². The Balaban J connectivity index is 1.03.